The zero-order valence-corrected chi connectivity index (χ0v) is 12.0. The third-order valence-electron chi connectivity index (χ3n) is 2.38. The van der Waals surface area contributed by atoms with Crippen LogP contribution in [0.4, 0.5) is 5.69 Å². The van der Waals surface area contributed by atoms with Gasteiger partial charge in [-0.25, -0.2) is 8.42 Å². The largest absolute Gasteiger partial charge is 0.278 e. The predicted molar refractivity (Wildman–Crippen MR) is 73.9 cm³/mol. The van der Waals surface area contributed by atoms with E-state index in [1.807, 2.05) is 0 Å². The molecule has 0 bridgehead atoms. The minimum atomic E-state index is -3.60. The second-order valence-electron chi connectivity index (χ2n) is 3.67. The monoisotopic (exact) mass is 326 g/mol. The van der Waals surface area contributed by atoms with Crippen LogP contribution in [0.25, 0.3) is 0 Å². The van der Waals surface area contributed by atoms with E-state index in [2.05, 4.69) is 25.6 Å². The number of benzene rings is 1. The van der Waals surface area contributed by atoms with Crippen molar-refractivity contribution < 1.29 is 8.42 Å². The van der Waals surface area contributed by atoms with Gasteiger partial charge in [0, 0.05) is 10.7 Å². The summed E-state index contributed by atoms with van der Waals surface area (Å²) in [5.41, 5.74) is 1.11. The van der Waals surface area contributed by atoms with Crippen LogP contribution < -0.4 is 4.72 Å². The standard InChI is InChI=1S/C12H11BrN2O2S/c1-9-11(6-4-8-14-9)15-18(16,17)12-7-3-2-5-10(12)13/h2-8,15H,1H3. The third-order valence-corrected chi connectivity index (χ3v) is 4.76. The normalized spacial score (nSPS) is 11.2. The van der Waals surface area contributed by atoms with Crippen molar-refractivity contribution in [3.63, 3.8) is 0 Å². The van der Waals surface area contributed by atoms with Gasteiger partial charge in [0.1, 0.15) is 4.90 Å². The van der Waals surface area contributed by atoms with E-state index in [0.717, 1.165) is 0 Å². The van der Waals surface area contributed by atoms with Crippen LogP contribution in [0.5, 0.6) is 0 Å². The fourth-order valence-corrected chi connectivity index (χ4v) is 3.58. The molecule has 0 fully saturated rings. The van der Waals surface area contributed by atoms with E-state index in [9.17, 15) is 8.42 Å². The molecule has 0 aliphatic carbocycles. The Balaban J connectivity index is 2.40. The van der Waals surface area contributed by atoms with Gasteiger partial charge in [-0.05, 0) is 47.1 Å². The number of rotatable bonds is 3. The summed E-state index contributed by atoms with van der Waals surface area (Å²) in [6.07, 6.45) is 1.62. The maximum atomic E-state index is 12.2. The van der Waals surface area contributed by atoms with Gasteiger partial charge in [0.25, 0.3) is 10.0 Å². The Kier molecular flexibility index (Phi) is 3.68. The maximum Gasteiger partial charge on any atom is 0.263 e. The number of hydrogen-bond donors (Lipinski definition) is 1. The van der Waals surface area contributed by atoms with Gasteiger partial charge in [0.05, 0.1) is 11.4 Å². The van der Waals surface area contributed by atoms with Crippen LogP contribution in [0.1, 0.15) is 5.69 Å². The van der Waals surface area contributed by atoms with Crippen molar-refractivity contribution in [3.8, 4) is 0 Å². The van der Waals surface area contributed by atoms with E-state index in [1.165, 1.54) is 6.07 Å². The summed E-state index contributed by atoms with van der Waals surface area (Å²) in [4.78, 5) is 4.24. The number of sulfonamides is 1. The van der Waals surface area contributed by atoms with Crippen LogP contribution in [-0.2, 0) is 10.0 Å². The van der Waals surface area contributed by atoms with Crippen molar-refractivity contribution in [2.45, 2.75) is 11.8 Å². The highest BCUT2D eigenvalue weighted by atomic mass is 79.9. The second-order valence-corrected chi connectivity index (χ2v) is 6.18. The molecule has 0 saturated carbocycles. The SMILES string of the molecule is Cc1ncccc1NS(=O)(=O)c1ccccc1Br. The highest BCUT2D eigenvalue weighted by Gasteiger charge is 2.17. The fourth-order valence-electron chi connectivity index (χ4n) is 1.45. The Bertz CT molecular complexity index is 671. The molecule has 1 heterocycles. The Morgan fingerprint density at radius 1 is 1.17 bits per heavy atom. The average Bonchev–Trinajstić information content (AvgIpc) is 2.32. The van der Waals surface area contributed by atoms with Crippen LogP contribution in [0.15, 0.2) is 52.0 Å². The molecule has 2 aromatic rings. The number of pyridine rings is 1. The number of hydrogen-bond acceptors (Lipinski definition) is 3. The van der Waals surface area contributed by atoms with Crippen LogP contribution in [0.3, 0.4) is 0 Å². The molecular weight excluding hydrogens is 316 g/mol. The van der Waals surface area contributed by atoms with Crippen molar-refractivity contribution in [1.29, 1.82) is 0 Å². The first kappa shape index (κ1) is 13.0. The van der Waals surface area contributed by atoms with Gasteiger partial charge in [-0.3, -0.25) is 9.71 Å². The van der Waals surface area contributed by atoms with Crippen molar-refractivity contribution >= 4 is 31.6 Å². The molecule has 0 spiro atoms. The number of anilines is 1. The molecule has 1 aromatic heterocycles. The topological polar surface area (TPSA) is 59.1 Å². The van der Waals surface area contributed by atoms with Gasteiger partial charge in [-0.15, -0.1) is 0 Å². The summed E-state index contributed by atoms with van der Waals surface area (Å²) < 4.78 is 27.5. The molecule has 0 atom stereocenters. The van der Waals surface area contributed by atoms with Crippen LogP contribution in [-0.4, -0.2) is 13.4 Å². The van der Waals surface area contributed by atoms with E-state index in [1.54, 1.807) is 43.5 Å². The first-order valence-corrected chi connectivity index (χ1v) is 7.47. The van der Waals surface area contributed by atoms with Gasteiger partial charge in [-0.1, -0.05) is 12.1 Å². The van der Waals surface area contributed by atoms with Crippen LogP contribution in [0, 0.1) is 6.92 Å². The lowest BCUT2D eigenvalue weighted by Gasteiger charge is -2.10. The van der Waals surface area contributed by atoms with E-state index in [4.69, 9.17) is 0 Å². The Morgan fingerprint density at radius 3 is 2.56 bits per heavy atom. The Labute approximate surface area is 114 Å². The molecule has 2 rings (SSSR count). The maximum absolute atomic E-state index is 12.2. The molecule has 0 aliphatic rings. The highest BCUT2D eigenvalue weighted by molar-refractivity contribution is 9.10. The van der Waals surface area contributed by atoms with Gasteiger partial charge in [0.15, 0.2) is 0 Å². The van der Waals surface area contributed by atoms with Crippen LogP contribution >= 0.6 is 15.9 Å². The van der Waals surface area contributed by atoms with Gasteiger partial charge < -0.3 is 0 Å². The van der Waals surface area contributed by atoms with Crippen molar-refractivity contribution in [1.82, 2.24) is 4.98 Å². The molecule has 0 unspecified atom stereocenters. The molecule has 94 valence electrons. The van der Waals surface area contributed by atoms with E-state index in [-0.39, 0.29) is 4.90 Å². The summed E-state index contributed by atoms with van der Waals surface area (Å²) in [5.74, 6) is 0. The molecule has 0 radical (unpaired) electrons. The summed E-state index contributed by atoms with van der Waals surface area (Å²) in [6, 6.07) is 10.0. The molecule has 1 N–H and O–H groups in total. The molecule has 0 aliphatic heterocycles. The molecule has 0 saturated heterocycles. The zero-order valence-electron chi connectivity index (χ0n) is 9.59. The Morgan fingerprint density at radius 2 is 1.89 bits per heavy atom. The molecule has 4 nitrogen and oxygen atoms in total. The summed E-state index contributed by atoms with van der Waals surface area (Å²) in [7, 11) is -3.60. The quantitative estimate of drug-likeness (QED) is 0.943. The van der Waals surface area contributed by atoms with Gasteiger partial charge in [-0.2, -0.15) is 0 Å². The third kappa shape index (κ3) is 2.70. The molecular formula is C12H11BrN2O2S. The lowest BCUT2D eigenvalue weighted by molar-refractivity contribution is 0.600. The lowest BCUT2D eigenvalue weighted by atomic mass is 10.3. The van der Waals surface area contributed by atoms with Crippen molar-refractivity contribution in [3.05, 3.63) is 52.8 Å². The predicted octanol–water partition coefficient (Wildman–Crippen LogP) is 2.95. The number of halogens is 1. The minimum Gasteiger partial charge on any atom is -0.278 e. The number of aryl methyl sites for hydroxylation is 1. The van der Waals surface area contributed by atoms with Crippen LogP contribution in [0.2, 0.25) is 0 Å². The fraction of sp³-hybridized carbons (Fsp3) is 0.0833. The average molecular weight is 327 g/mol. The lowest BCUT2D eigenvalue weighted by Crippen LogP contribution is -2.14. The summed E-state index contributed by atoms with van der Waals surface area (Å²) in [6.45, 7) is 1.75. The van der Waals surface area contributed by atoms with Gasteiger partial charge >= 0.3 is 0 Å². The first-order chi connectivity index (χ1) is 8.50. The zero-order chi connectivity index (χ0) is 13.2. The van der Waals surface area contributed by atoms with Crippen molar-refractivity contribution in [2.75, 3.05) is 4.72 Å². The number of nitrogens with one attached hydrogen (secondary N) is 1. The second kappa shape index (κ2) is 5.07. The number of aromatic nitrogens is 1. The smallest absolute Gasteiger partial charge is 0.263 e. The highest BCUT2D eigenvalue weighted by Crippen LogP contribution is 2.24. The summed E-state index contributed by atoms with van der Waals surface area (Å²) >= 11 is 3.23. The van der Waals surface area contributed by atoms with E-state index >= 15 is 0 Å². The molecule has 0 amide bonds. The molecule has 18 heavy (non-hydrogen) atoms. The number of nitrogens with zero attached hydrogens (tertiary/aromatic N) is 1. The summed E-state index contributed by atoms with van der Waals surface area (Å²) in [5, 5.41) is 0. The van der Waals surface area contributed by atoms with Crippen molar-refractivity contribution in [2.24, 2.45) is 0 Å². The Hall–Kier alpha value is -1.40. The first-order valence-electron chi connectivity index (χ1n) is 5.20. The molecule has 6 heteroatoms. The van der Waals surface area contributed by atoms with E-state index < -0.39 is 10.0 Å². The minimum absolute atomic E-state index is 0.202. The van der Waals surface area contributed by atoms with E-state index in [0.29, 0.717) is 15.9 Å². The van der Waals surface area contributed by atoms with Gasteiger partial charge in [0.2, 0.25) is 0 Å². The molecule has 1 aromatic carbocycles.